The van der Waals surface area contributed by atoms with E-state index in [2.05, 4.69) is 10.2 Å². The quantitative estimate of drug-likeness (QED) is 0.513. The normalized spacial score (nSPS) is 11.2. The monoisotopic (exact) mass is 378 g/mol. The number of carbonyl (C=O) groups is 1. The van der Waals surface area contributed by atoms with Crippen molar-refractivity contribution >= 4 is 15.9 Å². The van der Waals surface area contributed by atoms with E-state index in [0.717, 1.165) is 18.6 Å². The maximum atomic E-state index is 12.1. The lowest BCUT2D eigenvalue weighted by Gasteiger charge is -2.07. The van der Waals surface area contributed by atoms with Crippen LogP contribution >= 0.6 is 0 Å². The first-order chi connectivity index (χ1) is 12.5. The van der Waals surface area contributed by atoms with E-state index in [1.165, 1.54) is 36.9 Å². The highest BCUT2D eigenvalue weighted by Gasteiger charge is 2.14. The van der Waals surface area contributed by atoms with E-state index in [9.17, 15) is 13.2 Å². The number of hydrogen-bond acceptors (Lipinski definition) is 5. The van der Waals surface area contributed by atoms with Gasteiger partial charge in [0, 0.05) is 12.1 Å². The van der Waals surface area contributed by atoms with Crippen LogP contribution in [0.15, 0.2) is 53.4 Å². The summed E-state index contributed by atoms with van der Waals surface area (Å²) in [6.45, 7) is 0.524. The van der Waals surface area contributed by atoms with Crippen LogP contribution in [0, 0.1) is 0 Å². The van der Waals surface area contributed by atoms with Gasteiger partial charge in [0.25, 0.3) is 15.9 Å². The molecule has 0 atom stereocenters. The number of ether oxygens (including phenoxy) is 1. The van der Waals surface area contributed by atoms with Crippen molar-refractivity contribution in [2.75, 3.05) is 20.8 Å². The van der Waals surface area contributed by atoms with Gasteiger partial charge in [-0.1, -0.05) is 17.0 Å². The zero-order valence-electron chi connectivity index (χ0n) is 14.7. The summed E-state index contributed by atoms with van der Waals surface area (Å²) >= 11 is 0. The third kappa shape index (κ3) is 5.55. The Labute approximate surface area is 153 Å². The van der Waals surface area contributed by atoms with Gasteiger partial charge in [-0.2, -0.15) is 0 Å². The molecule has 140 valence electrons. The minimum Gasteiger partial charge on any atom is -0.497 e. The number of hydrogen-bond donors (Lipinski definition) is 2. The molecule has 2 rings (SSSR count). The van der Waals surface area contributed by atoms with Gasteiger partial charge in [-0.15, -0.1) is 0 Å². The number of nitrogens with one attached hydrogen (secondary N) is 2. The molecule has 0 heterocycles. The number of methoxy groups -OCH3 is 1. The molecule has 0 aliphatic heterocycles. The average Bonchev–Trinajstić information content (AvgIpc) is 2.65. The first-order valence-electron chi connectivity index (χ1n) is 8.02. The fourth-order valence-corrected chi connectivity index (χ4v) is 3.14. The number of carbonyl (C=O) groups excluding carboxylic acids is 1. The Morgan fingerprint density at radius 1 is 1.00 bits per heavy atom. The Morgan fingerprint density at radius 3 is 2.23 bits per heavy atom. The summed E-state index contributed by atoms with van der Waals surface area (Å²) in [4.78, 5) is 18.5. The Kier molecular flexibility index (Phi) is 7.14. The van der Waals surface area contributed by atoms with E-state index >= 15 is 0 Å². The third-order valence-electron chi connectivity index (χ3n) is 3.71. The number of amides is 1. The molecule has 7 nitrogen and oxygen atoms in total. The second-order valence-electron chi connectivity index (χ2n) is 5.52. The van der Waals surface area contributed by atoms with Crippen molar-refractivity contribution in [1.29, 1.82) is 0 Å². The molecule has 0 aromatic heterocycles. The van der Waals surface area contributed by atoms with Gasteiger partial charge in [-0.25, -0.2) is 8.42 Å². The van der Waals surface area contributed by atoms with Crippen molar-refractivity contribution < 1.29 is 22.8 Å². The average molecular weight is 378 g/mol. The molecule has 0 saturated heterocycles. The lowest BCUT2D eigenvalue weighted by atomic mass is 10.1. The van der Waals surface area contributed by atoms with Crippen molar-refractivity contribution in [3.63, 3.8) is 0 Å². The Morgan fingerprint density at radius 2 is 1.65 bits per heavy atom. The summed E-state index contributed by atoms with van der Waals surface area (Å²) in [7, 11) is -0.883. The largest absolute Gasteiger partial charge is 0.497 e. The van der Waals surface area contributed by atoms with Gasteiger partial charge in [-0.05, 0) is 54.8 Å². The molecular weight excluding hydrogens is 356 g/mol. The van der Waals surface area contributed by atoms with Crippen molar-refractivity contribution in [2.24, 2.45) is 0 Å². The van der Waals surface area contributed by atoms with Crippen molar-refractivity contribution in [2.45, 2.75) is 17.7 Å². The molecule has 2 N–H and O–H groups in total. The van der Waals surface area contributed by atoms with Crippen molar-refractivity contribution in [3.05, 3.63) is 59.7 Å². The molecule has 0 radical (unpaired) electrons. The molecule has 0 spiro atoms. The Bertz CT molecular complexity index is 818. The summed E-state index contributed by atoms with van der Waals surface area (Å²) in [6, 6.07) is 13.4. The molecular formula is C18H22N2O5S. The molecule has 8 heteroatoms. The predicted octanol–water partition coefficient (Wildman–Crippen LogP) is 1.90. The molecule has 2 aromatic carbocycles. The lowest BCUT2D eigenvalue weighted by molar-refractivity contribution is 0.0953. The van der Waals surface area contributed by atoms with Crippen LogP contribution in [-0.4, -0.2) is 35.1 Å². The second kappa shape index (κ2) is 9.33. The van der Waals surface area contributed by atoms with Gasteiger partial charge in [0.15, 0.2) is 0 Å². The van der Waals surface area contributed by atoms with E-state index < -0.39 is 10.0 Å². The van der Waals surface area contributed by atoms with E-state index in [0.29, 0.717) is 12.1 Å². The third-order valence-corrected chi connectivity index (χ3v) is 4.99. The Hall–Kier alpha value is -2.42. The first kappa shape index (κ1) is 19.9. The standard InChI is InChI=1S/C18H22N2O5S/c1-24-16-9-5-14(6-10-16)4-3-13-19-18(21)15-7-11-17(12-8-15)26(22,23)20-25-2/h5-12,20H,3-4,13H2,1-2H3,(H,19,21). The molecule has 26 heavy (non-hydrogen) atoms. The van der Waals surface area contributed by atoms with Gasteiger partial charge in [0.2, 0.25) is 0 Å². The number of benzene rings is 2. The molecule has 0 unspecified atom stereocenters. The molecule has 0 saturated carbocycles. The van der Waals surface area contributed by atoms with Crippen LogP contribution in [-0.2, 0) is 21.3 Å². The fourth-order valence-electron chi connectivity index (χ4n) is 2.33. The van der Waals surface area contributed by atoms with E-state index in [1.54, 1.807) is 7.11 Å². The van der Waals surface area contributed by atoms with Crippen LogP contribution in [0.25, 0.3) is 0 Å². The van der Waals surface area contributed by atoms with Crippen LogP contribution in [0.3, 0.4) is 0 Å². The topological polar surface area (TPSA) is 93.7 Å². The van der Waals surface area contributed by atoms with E-state index in [-0.39, 0.29) is 10.8 Å². The summed E-state index contributed by atoms with van der Waals surface area (Å²) in [5.41, 5.74) is 1.56. The molecule has 0 fully saturated rings. The predicted molar refractivity (Wildman–Crippen MR) is 97.4 cm³/mol. The van der Waals surface area contributed by atoms with Crippen LogP contribution < -0.4 is 14.9 Å². The smallest absolute Gasteiger partial charge is 0.262 e. The van der Waals surface area contributed by atoms with Crippen LogP contribution in [0.2, 0.25) is 0 Å². The maximum absolute atomic E-state index is 12.1. The lowest BCUT2D eigenvalue weighted by Crippen LogP contribution is -2.25. The van der Waals surface area contributed by atoms with Crippen LogP contribution in [0.5, 0.6) is 5.75 Å². The SMILES string of the molecule is CONS(=O)(=O)c1ccc(C(=O)NCCCc2ccc(OC)cc2)cc1. The molecule has 1 amide bonds. The molecule has 0 aliphatic rings. The zero-order chi connectivity index (χ0) is 19.0. The number of aryl methyl sites for hydroxylation is 1. The fraction of sp³-hybridized carbons (Fsp3) is 0.278. The van der Waals surface area contributed by atoms with E-state index in [1.807, 2.05) is 29.2 Å². The van der Waals surface area contributed by atoms with Gasteiger partial charge in [0.1, 0.15) is 5.75 Å². The first-order valence-corrected chi connectivity index (χ1v) is 9.50. The minimum atomic E-state index is -3.72. The zero-order valence-corrected chi connectivity index (χ0v) is 15.5. The highest BCUT2D eigenvalue weighted by molar-refractivity contribution is 7.89. The molecule has 0 bridgehead atoms. The van der Waals surface area contributed by atoms with Crippen LogP contribution in [0.1, 0.15) is 22.3 Å². The summed E-state index contributed by atoms with van der Waals surface area (Å²) in [6.07, 6.45) is 1.63. The maximum Gasteiger partial charge on any atom is 0.262 e. The highest BCUT2D eigenvalue weighted by atomic mass is 32.2. The summed E-state index contributed by atoms with van der Waals surface area (Å²) < 4.78 is 28.6. The molecule has 0 aliphatic carbocycles. The van der Waals surface area contributed by atoms with Crippen molar-refractivity contribution in [3.8, 4) is 5.75 Å². The minimum absolute atomic E-state index is 0.0235. The number of rotatable bonds is 9. The van der Waals surface area contributed by atoms with Gasteiger partial charge in [0.05, 0.1) is 19.1 Å². The van der Waals surface area contributed by atoms with E-state index in [4.69, 9.17) is 4.74 Å². The summed E-state index contributed by atoms with van der Waals surface area (Å²) in [5.74, 6) is 0.566. The van der Waals surface area contributed by atoms with Crippen LogP contribution in [0.4, 0.5) is 0 Å². The van der Waals surface area contributed by atoms with Gasteiger partial charge in [-0.3, -0.25) is 9.63 Å². The number of sulfonamides is 1. The Balaban J connectivity index is 1.82. The van der Waals surface area contributed by atoms with Gasteiger partial charge < -0.3 is 10.1 Å². The van der Waals surface area contributed by atoms with Gasteiger partial charge >= 0.3 is 0 Å². The summed E-state index contributed by atoms with van der Waals surface area (Å²) in [5, 5.41) is 2.82. The molecule has 2 aromatic rings. The second-order valence-corrected chi connectivity index (χ2v) is 7.17. The van der Waals surface area contributed by atoms with Crippen molar-refractivity contribution in [1.82, 2.24) is 10.2 Å². The highest BCUT2D eigenvalue weighted by Crippen LogP contribution is 2.13.